The molecule has 0 aliphatic rings. The number of benzene rings is 1. The molecule has 1 nitrogen and oxygen atoms in total. The minimum absolute atomic E-state index is 0.115. The Kier molecular flexibility index (Phi) is 3.95. The third kappa shape index (κ3) is 2.79. The molecule has 0 aliphatic carbocycles. The van der Waals surface area contributed by atoms with Crippen LogP contribution in [-0.4, -0.2) is 0 Å². The largest absolute Gasteiger partial charge is 0.324 e. The SMILES string of the molecule is CC(C)[C@H](N)c1ccc(Br)c(Br)c1. The van der Waals surface area contributed by atoms with Crippen molar-refractivity contribution in [2.45, 2.75) is 19.9 Å². The van der Waals surface area contributed by atoms with Crippen molar-refractivity contribution in [2.75, 3.05) is 0 Å². The van der Waals surface area contributed by atoms with E-state index < -0.39 is 0 Å². The van der Waals surface area contributed by atoms with Gasteiger partial charge in [0, 0.05) is 15.0 Å². The van der Waals surface area contributed by atoms with E-state index in [4.69, 9.17) is 5.73 Å². The highest BCUT2D eigenvalue weighted by Gasteiger charge is 2.10. The fraction of sp³-hybridized carbons (Fsp3) is 0.400. The zero-order chi connectivity index (χ0) is 10.0. The highest BCUT2D eigenvalue weighted by Crippen LogP contribution is 2.27. The molecule has 3 heteroatoms. The third-order valence-electron chi connectivity index (χ3n) is 2.05. The molecule has 1 aromatic carbocycles. The summed E-state index contributed by atoms with van der Waals surface area (Å²) in [5, 5.41) is 0. The normalized spacial score (nSPS) is 13.4. The van der Waals surface area contributed by atoms with Gasteiger partial charge in [-0.1, -0.05) is 19.9 Å². The summed E-state index contributed by atoms with van der Waals surface area (Å²) in [5.41, 5.74) is 7.19. The number of rotatable bonds is 2. The molecule has 72 valence electrons. The van der Waals surface area contributed by atoms with Gasteiger partial charge in [0.15, 0.2) is 0 Å². The van der Waals surface area contributed by atoms with Crippen molar-refractivity contribution in [1.82, 2.24) is 0 Å². The van der Waals surface area contributed by atoms with Crippen LogP contribution in [0.5, 0.6) is 0 Å². The molecule has 13 heavy (non-hydrogen) atoms. The van der Waals surface area contributed by atoms with Crippen LogP contribution in [0.1, 0.15) is 25.5 Å². The van der Waals surface area contributed by atoms with E-state index in [2.05, 4.69) is 57.8 Å². The highest BCUT2D eigenvalue weighted by atomic mass is 79.9. The van der Waals surface area contributed by atoms with Crippen molar-refractivity contribution in [3.05, 3.63) is 32.7 Å². The first kappa shape index (κ1) is 11.2. The van der Waals surface area contributed by atoms with Gasteiger partial charge in [-0.2, -0.15) is 0 Å². The summed E-state index contributed by atoms with van der Waals surface area (Å²) in [6.45, 7) is 4.25. The van der Waals surface area contributed by atoms with Crippen molar-refractivity contribution in [1.29, 1.82) is 0 Å². The first-order valence-corrected chi connectivity index (χ1v) is 5.81. The zero-order valence-corrected chi connectivity index (χ0v) is 10.9. The van der Waals surface area contributed by atoms with E-state index in [-0.39, 0.29) is 6.04 Å². The maximum absolute atomic E-state index is 6.02. The van der Waals surface area contributed by atoms with Gasteiger partial charge >= 0.3 is 0 Å². The second-order valence-electron chi connectivity index (χ2n) is 3.44. The first-order valence-electron chi connectivity index (χ1n) is 4.23. The molecule has 2 N–H and O–H groups in total. The van der Waals surface area contributed by atoms with Gasteiger partial charge in [-0.15, -0.1) is 0 Å². The monoisotopic (exact) mass is 305 g/mol. The van der Waals surface area contributed by atoms with Crippen LogP contribution < -0.4 is 5.73 Å². The van der Waals surface area contributed by atoms with Gasteiger partial charge in [-0.05, 0) is 55.5 Å². The van der Waals surface area contributed by atoms with E-state index in [0.717, 1.165) is 8.95 Å². The molecular formula is C10H13Br2N. The third-order valence-corrected chi connectivity index (χ3v) is 3.93. The Morgan fingerprint density at radius 1 is 1.15 bits per heavy atom. The lowest BCUT2D eigenvalue weighted by Crippen LogP contribution is -2.16. The van der Waals surface area contributed by atoms with E-state index in [0.29, 0.717) is 5.92 Å². The van der Waals surface area contributed by atoms with Crippen LogP contribution in [0.4, 0.5) is 0 Å². The summed E-state index contributed by atoms with van der Waals surface area (Å²) in [6.07, 6.45) is 0. The van der Waals surface area contributed by atoms with Crippen LogP contribution in [0.3, 0.4) is 0 Å². The van der Waals surface area contributed by atoms with Gasteiger partial charge < -0.3 is 5.73 Å². The molecule has 0 aliphatic heterocycles. The van der Waals surface area contributed by atoms with Crippen LogP contribution >= 0.6 is 31.9 Å². The zero-order valence-electron chi connectivity index (χ0n) is 7.72. The molecule has 0 saturated carbocycles. The second-order valence-corrected chi connectivity index (χ2v) is 5.15. The summed E-state index contributed by atoms with van der Waals surface area (Å²) in [5.74, 6) is 0.466. The summed E-state index contributed by atoms with van der Waals surface area (Å²) in [6, 6.07) is 6.25. The molecule has 0 heterocycles. The van der Waals surface area contributed by atoms with Crippen molar-refractivity contribution >= 4 is 31.9 Å². The molecule has 1 rings (SSSR count). The lowest BCUT2D eigenvalue weighted by Gasteiger charge is -2.16. The Bertz CT molecular complexity index is 297. The molecule has 0 radical (unpaired) electrons. The number of hydrogen-bond acceptors (Lipinski definition) is 1. The maximum atomic E-state index is 6.02. The Morgan fingerprint density at radius 3 is 2.23 bits per heavy atom. The second kappa shape index (κ2) is 4.58. The Hall–Kier alpha value is 0.140. The van der Waals surface area contributed by atoms with E-state index in [9.17, 15) is 0 Å². The highest BCUT2D eigenvalue weighted by molar-refractivity contribution is 9.13. The van der Waals surface area contributed by atoms with Crippen molar-refractivity contribution < 1.29 is 0 Å². The molecule has 0 amide bonds. The maximum Gasteiger partial charge on any atom is 0.0320 e. The lowest BCUT2D eigenvalue weighted by atomic mass is 9.97. The summed E-state index contributed by atoms with van der Waals surface area (Å²) >= 11 is 6.89. The van der Waals surface area contributed by atoms with E-state index in [1.807, 2.05) is 6.07 Å². The van der Waals surface area contributed by atoms with E-state index in [1.54, 1.807) is 0 Å². The predicted octanol–water partition coefficient (Wildman–Crippen LogP) is 3.87. The standard InChI is InChI=1S/C10H13Br2N/c1-6(2)10(13)7-3-4-8(11)9(12)5-7/h3-6,10H,13H2,1-2H3/t10-/m0/s1. The van der Waals surface area contributed by atoms with Gasteiger partial charge in [-0.3, -0.25) is 0 Å². The topological polar surface area (TPSA) is 26.0 Å². The summed E-state index contributed by atoms with van der Waals surface area (Å²) in [4.78, 5) is 0. The van der Waals surface area contributed by atoms with Crippen LogP contribution in [-0.2, 0) is 0 Å². The molecule has 0 bridgehead atoms. The van der Waals surface area contributed by atoms with Crippen LogP contribution in [0.15, 0.2) is 27.1 Å². The van der Waals surface area contributed by atoms with Crippen molar-refractivity contribution in [3.63, 3.8) is 0 Å². The minimum Gasteiger partial charge on any atom is -0.324 e. The fourth-order valence-corrected chi connectivity index (χ4v) is 1.75. The number of hydrogen-bond donors (Lipinski definition) is 1. The molecule has 1 aromatic rings. The molecule has 0 aromatic heterocycles. The smallest absolute Gasteiger partial charge is 0.0320 e. The van der Waals surface area contributed by atoms with Gasteiger partial charge in [0.1, 0.15) is 0 Å². The minimum atomic E-state index is 0.115. The van der Waals surface area contributed by atoms with Crippen molar-refractivity contribution in [2.24, 2.45) is 11.7 Å². The Morgan fingerprint density at radius 2 is 1.77 bits per heavy atom. The number of halogens is 2. The average Bonchev–Trinajstić information content (AvgIpc) is 2.08. The molecule has 0 saturated heterocycles. The van der Waals surface area contributed by atoms with Gasteiger partial charge in [0.25, 0.3) is 0 Å². The Balaban J connectivity index is 2.97. The lowest BCUT2D eigenvalue weighted by molar-refractivity contribution is 0.514. The fourth-order valence-electron chi connectivity index (χ4n) is 1.10. The van der Waals surface area contributed by atoms with Gasteiger partial charge in [-0.25, -0.2) is 0 Å². The first-order chi connectivity index (χ1) is 6.02. The number of nitrogens with two attached hydrogens (primary N) is 1. The predicted molar refractivity (Wildman–Crippen MR) is 63.6 cm³/mol. The molecule has 0 unspecified atom stereocenters. The quantitative estimate of drug-likeness (QED) is 0.882. The van der Waals surface area contributed by atoms with Crippen LogP contribution in [0.25, 0.3) is 0 Å². The average molecular weight is 307 g/mol. The van der Waals surface area contributed by atoms with Crippen LogP contribution in [0, 0.1) is 5.92 Å². The summed E-state index contributed by atoms with van der Waals surface area (Å²) in [7, 11) is 0. The summed E-state index contributed by atoms with van der Waals surface area (Å²) < 4.78 is 2.12. The van der Waals surface area contributed by atoms with E-state index >= 15 is 0 Å². The van der Waals surface area contributed by atoms with E-state index in [1.165, 1.54) is 5.56 Å². The van der Waals surface area contributed by atoms with Gasteiger partial charge in [0.05, 0.1) is 0 Å². The Labute approximate surface area is 96.0 Å². The van der Waals surface area contributed by atoms with Crippen LogP contribution in [0.2, 0.25) is 0 Å². The van der Waals surface area contributed by atoms with Gasteiger partial charge in [0.2, 0.25) is 0 Å². The molecule has 0 spiro atoms. The molecular weight excluding hydrogens is 294 g/mol. The molecule has 1 atom stereocenters. The van der Waals surface area contributed by atoms with Crippen molar-refractivity contribution in [3.8, 4) is 0 Å². The molecule has 0 fully saturated rings.